The molecule has 2 rings (SSSR count). The Kier molecular flexibility index (Phi) is 4.65. The zero-order chi connectivity index (χ0) is 14.8. The minimum Gasteiger partial charge on any atom is -0.345 e. The number of nitro groups is 1. The molecule has 0 unspecified atom stereocenters. The van der Waals surface area contributed by atoms with Gasteiger partial charge in [-0.25, -0.2) is 0 Å². The Bertz CT molecular complexity index is 544. The van der Waals surface area contributed by atoms with Gasteiger partial charge in [0.05, 0.1) is 10.5 Å². The molecule has 20 heavy (non-hydrogen) atoms. The van der Waals surface area contributed by atoms with E-state index in [4.69, 9.17) is 11.6 Å². The Morgan fingerprint density at radius 3 is 2.60 bits per heavy atom. The van der Waals surface area contributed by atoms with E-state index in [2.05, 4.69) is 21.2 Å². The molecule has 1 N–H and O–H groups in total. The summed E-state index contributed by atoms with van der Waals surface area (Å²) in [7, 11) is 0. The van der Waals surface area contributed by atoms with Crippen molar-refractivity contribution in [2.24, 2.45) is 0 Å². The molecule has 1 saturated carbocycles. The van der Waals surface area contributed by atoms with Crippen molar-refractivity contribution < 1.29 is 9.72 Å². The smallest absolute Gasteiger partial charge is 0.271 e. The molecule has 7 heteroatoms. The highest BCUT2D eigenvalue weighted by atomic mass is 79.9. The lowest BCUT2D eigenvalue weighted by atomic mass is 9.99. The molecule has 0 heterocycles. The Labute approximate surface area is 130 Å². The molecule has 1 amide bonds. The van der Waals surface area contributed by atoms with E-state index >= 15 is 0 Å². The van der Waals surface area contributed by atoms with Crippen molar-refractivity contribution in [3.8, 4) is 0 Å². The predicted octanol–water partition coefficient (Wildman–Crippen LogP) is 3.64. The van der Waals surface area contributed by atoms with Crippen LogP contribution >= 0.6 is 27.5 Å². The van der Waals surface area contributed by atoms with E-state index in [1.54, 1.807) is 6.07 Å². The first kappa shape index (κ1) is 15.3. The number of carbonyl (C=O) groups excluding carboxylic acids is 1. The van der Waals surface area contributed by atoms with Crippen molar-refractivity contribution in [2.45, 2.75) is 31.2 Å². The van der Waals surface area contributed by atoms with Crippen molar-refractivity contribution in [3.05, 3.63) is 38.3 Å². The average Bonchev–Trinajstić information content (AvgIpc) is 2.87. The number of alkyl halides is 1. The van der Waals surface area contributed by atoms with Crippen LogP contribution in [0.2, 0.25) is 0 Å². The second kappa shape index (κ2) is 6.10. The monoisotopic (exact) mass is 360 g/mol. The molecule has 1 fully saturated rings. The molecule has 0 radical (unpaired) electrons. The Balaban J connectivity index is 2.22. The second-order valence-electron chi connectivity index (χ2n) is 5.03. The van der Waals surface area contributed by atoms with Crippen LogP contribution in [-0.2, 0) is 0 Å². The molecule has 108 valence electrons. The van der Waals surface area contributed by atoms with Crippen LogP contribution in [-0.4, -0.2) is 22.2 Å². The van der Waals surface area contributed by atoms with E-state index in [0.29, 0.717) is 10.4 Å². The fourth-order valence-corrected chi connectivity index (χ4v) is 3.28. The average molecular weight is 362 g/mol. The lowest BCUT2D eigenvalue weighted by Crippen LogP contribution is -2.47. The van der Waals surface area contributed by atoms with Crippen LogP contribution in [0.3, 0.4) is 0 Å². The van der Waals surface area contributed by atoms with E-state index in [1.165, 1.54) is 12.1 Å². The fraction of sp³-hybridized carbons (Fsp3) is 0.462. The minimum atomic E-state index is -0.519. The number of nitro benzene ring substituents is 1. The summed E-state index contributed by atoms with van der Waals surface area (Å²) in [5.41, 5.74) is -0.228. The van der Waals surface area contributed by atoms with Gasteiger partial charge in [-0.15, -0.1) is 11.6 Å². The number of non-ortho nitro benzene ring substituents is 1. The van der Waals surface area contributed by atoms with Gasteiger partial charge in [-0.1, -0.05) is 28.8 Å². The van der Waals surface area contributed by atoms with E-state index < -0.39 is 4.92 Å². The summed E-state index contributed by atoms with van der Waals surface area (Å²) in [6.45, 7) is 0. The van der Waals surface area contributed by atoms with Gasteiger partial charge in [0, 0.05) is 28.0 Å². The van der Waals surface area contributed by atoms with Crippen LogP contribution in [0, 0.1) is 10.1 Å². The maximum Gasteiger partial charge on any atom is 0.271 e. The maximum atomic E-state index is 12.3. The van der Waals surface area contributed by atoms with Crippen LogP contribution in [0.1, 0.15) is 36.0 Å². The second-order valence-corrected chi connectivity index (χ2v) is 6.21. The number of nitrogens with zero attached hydrogens (tertiary/aromatic N) is 1. The molecule has 0 spiro atoms. The number of amides is 1. The molecular weight excluding hydrogens is 348 g/mol. The molecule has 0 saturated heterocycles. The Morgan fingerprint density at radius 1 is 1.40 bits per heavy atom. The van der Waals surface area contributed by atoms with Gasteiger partial charge in [0.2, 0.25) is 0 Å². The third-order valence-electron chi connectivity index (χ3n) is 3.55. The topological polar surface area (TPSA) is 72.2 Å². The lowest BCUT2D eigenvalue weighted by molar-refractivity contribution is -0.385. The van der Waals surface area contributed by atoms with Crippen LogP contribution in [0.15, 0.2) is 22.7 Å². The summed E-state index contributed by atoms with van der Waals surface area (Å²) in [5.74, 6) is 0.0337. The van der Waals surface area contributed by atoms with Crippen LogP contribution in [0.4, 0.5) is 5.69 Å². The highest BCUT2D eigenvalue weighted by Gasteiger charge is 2.34. The third-order valence-corrected chi connectivity index (χ3v) is 4.52. The maximum absolute atomic E-state index is 12.3. The molecule has 0 aromatic heterocycles. The lowest BCUT2D eigenvalue weighted by Gasteiger charge is -2.27. The van der Waals surface area contributed by atoms with Crippen LogP contribution < -0.4 is 5.32 Å². The first-order valence-electron chi connectivity index (χ1n) is 6.29. The van der Waals surface area contributed by atoms with Crippen molar-refractivity contribution in [3.63, 3.8) is 0 Å². The normalized spacial score (nSPS) is 16.9. The number of nitrogens with one attached hydrogen (secondary N) is 1. The number of hydrogen-bond donors (Lipinski definition) is 1. The van der Waals surface area contributed by atoms with Crippen molar-refractivity contribution in [1.29, 1.82) is 0 Å². The largest absolute Gasteiger partial charge is 0.345 e. The number of rotatable bonds is 4. The van der Waals surface area contributed by atoms with Crippen LogP contribution in [0.5, 0.6) is 0 Å². The Hall–Kier alpha value is -1.14. The summed E-state index contributed by atoms with van der Waals surface area (Å²) < 4.78 is 0.503. The molecule has 1 aromatic carbocycles. The quantitative estimate of drug-likeness (QED) is 0.505. The van der Waals surface area contributed by atoms with Gasteiger partial charge in [0.25, 0.3) is 11.6 Å². The summed E-state index contributed by atoms with van der Waals surface area (Å²) in [6, 6.07) is 4.21. The van der Waals surface area contributed by atoms with Crippen LogP contribution in [0.25, 0.3) is 0 Å². The SMILES string of the molecule is O=C(NC1(CCl)CCCC1)c1cc(Br)cc([N+](=O)[O-])c1. The number of hydrogen-bond acceptors (Lipinski definition) is 3. The Morgan fingerprint density at radius 2 is 2.05 bits per heavy atom. The van der Waals surface area contributed by atoms with Gasteiger partial charge in [0.15, 0.2) is 0 Å². The molecule has 0 atom stereocenters. The molecule has 0 bridgehead atoms. The van der Waals surface area contributed by atoms with Crippen molar-refractivity contribution in [1.82, 2.24) is 5.32 Å². The molecule has 5 nitrogen and oxygen atoms in total. The molecule has 1 aliphatic carbocycles. The van der Waals surface area contributed by atoms with Gasteiger partial charge >= 0.3 is 0 Å². The predicted molar refractivity (Wildman–Crippen MR) is 80.2 cm³/mol. The summed E-state index contributed by atoms with van der Waals surface area (Å²) >= 11 is 9.16. The highest BCUT2D eigenvalue weighted by molar-refractivity contribution is 9.10. The number of halogens is 2. The molecule has 1 aromatic rings. The number of benzene rings is 1. The molecular formula is C13H14BrClN2O3. The standard InChI is InChI=1S/C13H14BrClN2O3/c14-10-5-9(6-11(7-10)17(19)20)12(18)16-13(8-15)3-1-2-4-13/h5-7H,1-4,8H2,(H,16,18). The van der Waals surface area contributed by atoms with Gasteiger partial charge in [-0.2, -0.15) is 0 Å². The van der Waals surface area contributed by atoms with Crippen molar-refractivity contribution in [2.75, 3.05) is 5.88 Å². The van der Waals surface area contributed by atoms with E-state index in [-0.39, 0.29) is 22.7 Å². The summed E-state index contributed by atoms with van der Waals surface area (Å²) in [6.07, 6.45) is 3.76. The van der Waals surface area contributed by atoms with Gasteiger partial charge < -0.3 is 5.32 Å². The summed E-state index contributed by atoms with van der Waals surface area (Å²) in [5, 5.41) is 13.8. The highest BCUT2D eigenvalue weighted by Crippen LogP contribution is 2.31. The van der Waals surface area contributed by atoms with Crippen molar-refractivity contribution >= 4 is 39.1 Å². The molecule has 1 aliphatic rings. The first-order chi connectivity index (χ1) is 9.46. The summed E-state index contributed by atoms with van der Waals surface area (Å²) in [4.78, 5) is 22.6. The fourth-order valence-electron chi connectivity index (χ4n) is 2.47. The van der Waals surface area contributed by atoms with Gasteiger partial charge in [-0.3, -0.25) is 14.9 Å². The van der Waals surface area contributed by atoms with E-state index in [9.17, 15) is 14.9 Å². The minimum absolute atomic E-state index is 0.115. The number of carbonyl (C=O) groups is 1. The zero-order valence-electron chi connectivity index (χ0n) is 10.7. The molecule has 0 aliphatic heterocycles. The first-order valence-corrected chi connectivity index (χ1v) is 7.62. The third kappa shape index (κ3) is 3.30. The van der Waals surface area contributed by atoms with E-state index in [1.807, 2.05) is 0 Å². The van der Waals surface area contributed by atoms with E-state index in [0.717, 1.165) is 25.7 Å². The van der Waals surface area contributed by atoms with Gasteiger partial charge in [0.1, 0.15) is 0 Å². The zero-order valence-corrected chi connectivity index (χ0v) is 13.0. The van der Waals surface area contributed by atoms with Gasteiger partial charge in [-0.05, 0) is 18.9 Å².